The van der Waals surface area contributed by atoms with E-state index in [-0.39, 0.29) is 0 Å². The molecule has 2 heterocycles. The second-order valence-corrected chi connectivity index (χ2v) is 5.94. The number of H-pyrrole nitrogens is 1. The van der Waals surface area contributed by atoms with Crippen molar-refractivity contribution in [3.8, 4) is 0 Å². The van der Waals surface area contributed by atoms with Crippen LogP contribution in [0.25, 0.3) is 11.2 Å². The highest BCUT2D eigenvalue weighted by Crippen LogP contribution is 2.26. The molecule has 0 amide bonds. The lowest BCUT2D eigenvalue weighted by molar-refractivity contribution is 0.748. The number of aryl methyl sites for hydroxylation is 1. The number of hydrogen-bond donors (Lipinski definition) is 2. The molecule has 0 aliphatic heterocycles. The molecule has 0 atom stereocenters. The number of anilines is 1. The van der Waals surface area contributed by atoms with E-state index < -0.39 is 0 Å². The van der Waals surface area contributed by atoms with E-state index in [2.05, 4.69) is 46.0 Å². The fraction of sp³-hybridized carbons (Fsp3) is 0.667. The van der Waals surface area contributed by atoms with Crippen LogP contribution in [-0.4, -0.2) is 26.0 Å². The molecule has 0 unspecified atom stereocenters. The average Bonchev–Trinajstić information content (AvgIpc) is 3.06. The maximum atomic E-state index is 4.66. The molecule has 2 aromatic heterocycles. The van der Waals surface area contributed by atoms with E-state index in [0.717, 1.165) is 35.1 Å². The minimum atomic E-state index is 0.369. The van der Waals surface area contributed by atoms with Crippen molar-refractivity contribution in [1.82, 2.24) is 19.9 Å². The van der Waals surface area contributed by atoms with Gasteiger partial charge in [0.1, 0.15) is 17.2 Å². The van der Waals surface area contributed by atoms with Crippen molar-refractivity contribution in [3.05, 3.63) is 11.6 Å². The summed E-state index contributed by atoms with van der Waals surface area (Å²) in [6, 6.07) is 0.545. The molecule has 20 heavy (non-hydrogen) atoms. The topological polar surface area (TPSA) is 66.5 Å². The van der Waals surface area contributed by atoms with Gasteiger partial charge in [-0.05, 0) is 12.8 Å². The number of nitrogens with one attached hydrogen (secondary N) is 2. The maximum absolute atomic E-state index is 4.66. The van der Waals surface area contributed by atoms with Crippen molar-refractivity contribution in [3.63, 3.8) is 0 Å². The monoisotopic (exact) mass is 273 g/mol. The van der Waals surface area contributed by atoms with Crippen LogP contribution >= 0.6 is 0 Å². The molecule has 3 rings (SSSR count). The first kappa shape index (κ1) is 13.3. The zero-order valence-corrected chi connectivity index (χ0v) is 12.5. The Balaban J connectivity index is 2.02. The Bertz CT molecular complexity index is 596. The summed E-state index contributed by atoms with van der Waals surface area (Å²) in [4.78, 5) is 17.2. The van der Waals surface area contributed by atoms with Gasteiger partial charge in [-0.15, -0.1) is 0 Å². The predicted molar refractivity (Wildman–Crippen MR) is 81.0 cm³/mol. The second-order valence-electron chi connectivity index (χ2n) is 5.94. The highest BCUT2D eigenvalue weighted by atomic mass is 15.1. The molecular formula is C15H23N5. The fourth-order valence-electron chi connectivity index (χ4n) is 2.76. The molecule has 108 valence electrons. The fourth-order valence-corrected chi connectivity index (χ4v) is 2.76. The predicted octanol–water partition coefficient (Wildman–Crippen LogP) is 3.39. The molecule has 2 aromatic rings. The normalized spacial score (nSPS) is 16.4. The van der Waals surface area contributed by atoms with Gasteiger partial charge in [0.05, 0.1) is 0 Å². The van der Waals surface area contributed by atoms with Crippen LogP contribution in [0.1, 0.15) is 64.0 Å². The van der Waals surface area contributed by atoms with Crippen molar-refractivity contribution in [2.24, 2.45) is 0 Å². The van der Waals surface area contributed by atoms with E-state index >= 15 is 0 Å². The first-order valence-corrected chi connectivity index (χ1v) is 7.70. The SMILES string of the molecule is CCc1nc(NC2CCCC2)c2[nH]c(C(C)C)nc2n1. The third-order valence-corrected chi connectivity index (χ3v) is 3.97. The third kappa shape index (κ3) is 2.49. The third-order valence-electron chi connectivity index (χ3n) is 3.97. The summed E-state index contributed by atoms with van der Waals surface area (Å²) in [5.41, 5.74) is 1.75. The van der Waals surface area contributed by atoms with Gasteiger partial charge in [-0.1, -0.05) is 33.6 Å². The molecule has 0 radical (unpaired) electrons. The van der Waals surface area contributed by atoms with Gasteiger partial charge in [-0.25, -0.2) is 15.0 Å². The largest absolute Gasteiger partial charge is 0.365 e. The van der Waals surface area contributed by atoms with Crippen LogP contribution in [0, 0.1) is 0 Å². The van der Waals surface area contributed by atoms with Gasteiger partial charge < -0.3 is 10.3 Å². The van der Waals surface area contributed by atoms with Crippen molar-refractivity contribution < 1.29 is 0 Å². The number of hydrogen-bond acceptors (Lipinski definition) is 4. The van der Waals surface area contributed by atoms with Crippen molar-refractivity contribution in [2.75, 3.05) is 5.32 Å². The van der Waals surface area contributed by atoms with Crippen LogP contribution in [0.4, 0.5) is 5.82 Å². The van der Waals surface area contributed by atoms with E-state index in [1.165, 1.54) is 25.7 Å². The molecule has 0 spiro atoms. The number of nitrogens with zero attached hydrogens (tertiary/aromatic N) is 3. The molecule has 5 heteroatoms. The number of fused-ring (bicyclic) bond motifs is 1. The van der Waals surface area contributed by atoms with E-state index in [1.807, 2.05) is 0 Å². The molecule has 0 saturated heterocycles. The lowest BCUT2D eigenvalue weighted by Gasteiger charge is -2.13. The number of imidazole rings is 1. The van der Waals surface area contributed by atoms with Crippen LogP contribution in [0.15, 0.2) is 0 Å². The van der Waals surface area contributed by atoms with E-state index in [1.54, 1.807) is 0 Å². The van der Waals surface area contributed by atoms with E-state index in [9.17, 15) is 0 Å². The zero-order valence-electron chi connectivity index (χ0n) is 12.5. The smallest absolute Gasteiger partial charge is 0.183 e. The number of aromatic nitrogens is 4. The Labute approximate surface area is 119 Å². The minimum Gasteiger partial charge on any atom is -0.365 e. The molecule has 1 aliphatic carbocycles. The molecule has 1 saturated carbocycles. The summed E-state index contributed by atoms with van der Waals surface area (Å²) in [6.45, 7) is 6.35. The Morgan fingerprint density at radius 3 is 2.60 bits per heavy atom. The molecule has 0 aromatic carbocycles. The second kappa shape index (κ2) is 5.38. The summed E-state index contributed by atoms with van der Waals surface area (Å²) in [7, 11) is 0. The summed E-state index contributed by atoms with van der Waals surface area (Å²) in [5.74, 6) is 3.14. The summed E-state index contributed by atoms with van der Waals surface area (Å²) in [6.07, 6.45) is 5.93. The maximum Gasteiger partial charge on any atom is 0.183 e. The van der Waals surface area contributed by atoms with E-state index in [0.29, 0.717) is 12.0 Å². The van der Waals surface area contributed by atoms with Crippen LogP contribution in [0.3, 0.4) is 0 Å². The zero-order chi connectivity index (χ0) is 14.1. The first-order valence-electron chi connectivity index (χ1n) is 7.70. The van der Waals surface area contributed by atoms with Gasteiger partial charge in [-0.2, -0.15) is 0 Å². The van der Waals surface area contributed by atoms with Gasteiger partial charge in [0.25, 0.3) is 0 Å². The standard InChI is InChI=1S/C15H23N5/c1-4-11-17-14(16-10-7-5-6-8-10)12-15(18-11)20-13(19-12)9(2)3/h9-10H,4-8H2,1-3H3,(H2,16,17,18,19,20). The first-order chi connectivity index (χ1) is 9.67. The molecular weight excluding hydrogens is 250 g/mol. The van der Waals surface area contributed by atoms with E-state index in [4.69, 9.17) is 0 Å². The molecule has 1 aliphatic rings. The highest BCUT2D eigenvalue weighted by molar-refractivity contribution is 5.83. The van der Waals surface area contributed by atoms with Crippen LogP contribution in [0.2, 0.25) is 0 Å². The molecule has 2 N–H and O–H groups in total. The van der Waals surface area contributed by atoms with Gasteiger partial charge in [-0.3, -0.25) is 0 Å². The number of rotatable bonds is 4. The minimum absolute atomic E-state index is 0.369. The van der Waals surface area contributed by atoms with Gasteiger partial charge in [0.15, 0.2) is 11.5 Å². The Morgan fingerprint density at radius 1 is 1.20 bits per heavy atom. The summed E-state index contributed by atoms with van der Waals surface area (Å²) >= 11 is 0. The average molecular weight is 273 g/mol. The van der Waals surface area contributed by atoms with Crippen molar-refractivity contribution in [2.45, 2.75) is 64.8 Å². The van der Waals surface area contributed by atoms with Gasteiger partial charge >= 0.3 is 0 Å². The Kier molecular flexibility index (Phi) is 3.59. The van der Waals surface area contributed by atoms with Crippen molar-refractivity contribution in [1.29, 1.82) is 0 Å². The summed E-state index contributed by atoms with van der Waals surface area (Å²) < 4.78 is 0. The molecule has 5 nitrogen and oxygen atoms in total. The van der Waals surface area contributed by atoms with Gasteiger partial charge in [0.2, 0.25) is 0 Å². The molecule has 1 fully saturated rings. The quantitative estimate of drug-likeness (QED) is 0.896. The van der Waals surface area contributed by atoms with Gasteiger partial charge in [0, 0.05) is 18.4 Å². The van der Waals surface area contributed by atoms with Crippen LogP contribution in [-0.2, 0) is 6.42 Å². The lowest BCUT2D eigenvalue weighted by atomic mass is 10.2. The Morgan fingerprint density at radius 2 is 1.95 bits per heavy atom. The van der Waals surface area contributed by atoms with Crippen LogP contribution in [0.5, 0.6) is 0 Å². The number of aromatic amines is 1. The van der Waals surface area contributed by atoms with Crippen molar-refractivity contribution >= 4 is 17.0 Å². The molecule has 0 bridgehead atoms. The summed E-state index contributed by atoms with van der Waals surface area (Å²) in [5, 5.41) is 3.59. The van der Waals surface area contributed by atoms with Crippen LogP contribution < -0.4 is 5.32 Å². The highest BCUT2D eigenvalue weighted by Gasteiger charge is 2.19. The Hall–Kier alpha value is -1.65. The lowest BCUT2D eigenvalue weighted by Crippen LogP contribution is -2.16.